The van der Waals surface area contributed by atoms with E-state index in [9.17, 15) is 36.9 Å². The van der Waals surface area contributed by atoms with Gasteiger partial charge in [0.2, 0.25) is 28.0 Å². The molecule has 0 aliphatic rings. The lowest BCUT2D eigenvalue weighted by molar-refractivity contribution is 0.103. The molecule has 0 unspecified atom stereocenters. The summed E-state index contributed by atoms with van der Waals surface area (Å²) < 4.78 is 65.7. The first kappa shape index (κ1) is 32.2. The Kier molecular flexibility index (Phi) is 7.97. The molecule has 242 valence electrons. The highest BCUT2D eigenvalue weighted by Gasteiger charge is 2.32. The summed E-state index contributed by atoms with van der Waals surface area (Å²) in [5, 5.41) is 50.4. The Balaban J connectivity index is 1.51. The van der Waals surface area contributed by atoms with Gasteiger partial charge in [-0.25, -0.2) is 0 Å². The zero-order chi connectivity index (χ0) is 35.1. The van der Waals surface area contributed by atoms with E-state index in [1.165, 1.54) is 48.5 Å². The van der Waals surface area contributed by atoms with Crippen LogP contribution in [0.4, 0.5) is 11.4 Å². The van der Waals surface area contributed by atoms with Crippen molar-refractivity contribution >= 4 is 58.9 Å². The predicted molar refractivity (Wildman–Crippen MR) is 174 cm³/mol. The van der Waals surface area contributed by atoms with E-state index in [0.29, 0.717) is 0 Å². The molecule has 16 heteroatoms. The zero-order valence-corrected chi connectivity index (χ0v) is 26.3. The molecule has 3 N–H and O–H groups in total. The molecule has 0 saturated heterocycles. The maximum absolute atomic E-state index is 13.8. The molecular formula is C33H20N4O10S2+2. The number of rotatable bonds is 8. The topological polar surface area (TPSA) is 221 Å². The van der Waals surface area contributed by atoms with E-state index in [1.807, 2.05) is 0 Å². The van der Waals surface area contributed by atoms with E-state index in [-0.39, 0.29) is 38.5 Å². The van der Waals surface area contributed by atoms with Gasteiger partial charge in [-0.05, 0) is 36.4 Å². The van der Waals surface area contributed by atoms with Gasteiger partial charge in [0.05, 0.1) is 5.56 Å². The van der Waals surface area contributed by atoms with Crippen molar-refractivity contribution < 1.29 is 45.3 Å². The fourth-order valence-corrected chi connectivity index (χ4v) is 7.46. The summed E-state index contributed by atoms with van der Waals surface area (Å²) in [7, 11) is -9.93. The summed E-state index contributed by atoms with van der Waals surface area (Å²) in [6.45, 7) is 0. The number of phenolic OH excluding ortho intramolecular Hbond substituents is 3. The van der Waals surface area contributed by atoms with Gasteiger partial charge in [-0.3, -0.25) is 4.79 Å². The van der Waals surface area contributed by atoms with Gasteiger partial charge in [0.1, 0.15) is 9.79 Å². The standard InChI is InChI=1S/C33H18N4O10S2/c34-36-24-15-12-19-21(30(24)39)8-4-10-27(19)48(42,43)46-26-17-14-23(29(38)18-6-2-1-3-7-18)32(41)33(26)47-49(44,45)28-11-5-9-22-20(28)13-16-25(37-35)31(22)40/h1-17H,(H-2,38,39,40,41)/p+2. The first-order valence-corrected chi connectivity index (χ1v) is 16.7. The number of carbonyl (C=O) groups excluding carboxylic acids is 1. The van der Waals surface area contributed by atoms with Crippen LogP contribution in [0.15, 0.2) is 113 Å². The third kappa shape index (κ3) is 5.63. The Labute approximate surface area is 277 Å². The van der Waals surface area contributed by atoms with Crippen LogP contribution in [0.25, 0.3) is 31.5 Å². The van der Waals surface area contributed by atoms with Crippen LogP contribution in [-0.4, -0.2) is 37.9 Å². The van der Waals surface area contributed by atoms with Crippen LogP contribution in [-0.2, 0) is 20.2 Å². The van der Waals surface area contributed by atoms with E-state index in [1.54, 1.807) is 18.2 Å². The van der Waals surface area contributed by atoms with E-state index in [2.05, 4.69) is 9.95 Å². The van der Waals surface area contributed by atoms with Gasteiger partial charge >= 0.3 is 31.6 Å². The SMILES string of the molecule is N#[N+]c1ccc2c(S(=O)(=O)Oc3ccc(C(=O)c4ccccc4)c(O)c3OS(=O)(=O)c3cccc4c(O)c([N+]#N)ccc34)cccc2c1O. The lowest BCUT2D eigenvalue weighted by Gasteiger charge is -2.17. The van der Waals surface area contributed by atoms with Gasteiger partial charge in [0.25, 0.3) is 0 Å². The average molecular weight is 697 g/mol. The van der Waals surface area contributed by atoms with Gasteiger partial charge < -0.3 is 23.7 Å². The molecule has 0 atom stereocenters. The van der Waals surface area contributed by atoms with Crippen molar-refractivity contribution in [2.24, 2.45) is 0 Å². The summed E-state index contributed by atoms with van der Waals surface area (Å²) >= 11 is 0. The number of hydrogen-bond donors (Lipinski definition) is 3. The molecule has 0 heterocycles. The van der Waals surface area contributed by atoms with Crippen molar-refractivity contribution in [1.29, 1.82) is 10.8 Å². The Morgan fingerprint density at radius 1 is 0.551 bits per heavy atom. The van der Waals surface area contributed by atoms with Crippen LogP contribution in [0.1, 0.15) is 15.9 Å². The molecule has 0 amide bonds. The Hall–Kier alpha value is -6.75. The second kappa shape index (κ2) is 12.1. The highest BCUT2D eigenvalue weighted by molar-refractivity contribution is 7.87. The Morgan fingerprint density at radius 3 is 1.57 bits per heavy atom. The number of fused-ring (bicyclic) bond motifs is 2. The second-order valence-corrected chi connectivity index (χ2v) is 13.4. The molecule has 0 spiro atoms. The van der Waals surface area contributed by atoms with E-state index < -0.39 is 70.1 Å². The third-order valence-corrected chi connectivity index (χ3v) is 10.0. The number of nitrogens with zero attached hydrogens (tertiary/aromatic N) is 4. The molecule has 6 aromatic rings. The maximum Gasteiger partial charge on any atom is 0.426 e. The van der Waals surface area contributed by atoms with Gasteiger partial charge in [0, 0.05) is 39.2 Å². The smallest absolute Gasteiger partial charge is 0.426 e. The molecule has 0 bridgehead atoms. The summed E-state index contributed by atoms with van der Waals surface area (Å²) in [5.41, 5.74) is -0.845. The van der Waals surface area contributed by atoms with Crippen molar-refractivity contribution in [2.45, 2.75) is 9.79 Å². The van der Waals surface area contributed by atoms with E-state index >= 15 is 0 Å². The van der Waals surface area contributed by atoms with Gasteiger partial charge in [-0.2, -0.15) is 16.8 Å². The van der Waals surface area contributed by atoms with Crippen molar-refractivity contribution in [3.8, 4) is 28.7 Å². The third-order valence-electron chi connectivity index (χ3n) is 7.47. The molecular weight excluding hydrogens is 677 g/mol. The van der Waals surface area contributed by atoms with Crippen molar-refractivity contribution in [3.05, 3.63) is 124 Å². The number of carbonyl (C=O) groups is 1. The normalized spacial score (nSPS) is 11.5. The monoisotopic (exact) mass is 696 g/mol. The van der Waals surface area contributed by atoms with E-state index in [4.69, 9.17) is 19.2 Å². The highest BCUT2D eigenvalue weighted by Crippen LogP contribution is 2.45. The van der Waals surface area contributed by atoms with Crippen molar-refractivity contribution in [2.75, 3.05) is 0 Å². The fraction of sp³-hybridized carbons (Fsp3) is 0. The van der Waals surface area contributed by atoms with Crippen LogP contribution in [0.2, 0.25) is 0 Å². The summed E-state index contributed by atoms with van der Waals surface area (Å²) in [6, 6.07) is 21.8. The first-order chi connectivity index (χ1) is 23.4. The molecule has 6 rings (SSSR count). The van der Waals surface area contributed by atoms with Crippen LogP contribution in [0.3, 0.4) is 0 Å². The molecule has 0 saturated carbocycles. The van der Waals surface area contributed by atoms with Crippen LogP contribution >= 0.6 is 0 Å². The number of hydrogen-bond acceptors (Lipinski definition) is 12. The lowest BCUT2D eigenvalue weighted by Crippen LogP contribution is -2.15. The molecule has 6 aromatic carbocycles. The van der Waals surface area contributed by atoms with Crippen LogP contribution < -0.4 is 8.37 Å². The molecule has 0 aliphatic carbocycles. The minimum absolute atomic E-state index is 0.0259. The number of ketones is 1. The van der Waals surface area contributed by atoms with Crippen molar-refractivity contribution in [1.82, 2.24) is 0 Å². The number of diazo groups is 2. The zero-order valence-electron chi connectivity index (χ0n) is 24.6. The number of phenols is 3. The summed E-state index contributed by atoms with van der Waals surface area (Å²) in [6.07, 6.45) is 0. The number of benzene rings is 6. The van der Waals surface area contributed by atoms with E-state index in [0.717, 1.165) is 36.4 Å². The molecule has 0 aromatic heterocycles. The molecule has 0 fully saturated rings. The maximum atomic E-state index is 13.8. The largest absolute Gasteiger partial charge is 0.504 e. The van der Waals surface area contributed by atoms with Gasteiger partial charge in [-0.1, -0.05) is 54.6 Å². The second-order valence-electron chi connectivity index (χ2n) is 10.3. The minimum atomic E-state index is -5.01. The summed E-state index contributed by atoms with van der Waals surface area (Å²) in [4.78, 5) is 18.2. The average Bonchev–Trinajstić information content (AvgIpc) is 3.10. The predicted octanol–water partition coefficient (Wildman–Crippen LogP) is 6.85. The minimum Gasteiger partial charge on any atom is -0.504 e. The van der Waals surface area contributed by atoms with Crippen LogP contribution in [0, 0.1) is 10.8 Å². The molecule has 0 radical (unpaired) electrons. The molecule has 0 aliphatic heterocycles. The van der Waals surface area contributed by atoms with Gasteiger partial charge in [-0.15, -0.1) is 0 Å². The highest BCUT2D eigenvalue weighted by atomic mass is 32.2. The Bertz CT molecular complexity index is 2670. The molecule has 14 nitrogen and oxygen atoms in total. The van der Waals surface area contributed by atoms with Crippen molar-refractivity contribution in [3.63, 3.8) is 0 Å². The Morgan fingerprint density at radius 2 is 1.06 bits per heavy atom. The first-order valence-electron chi connectivity index (χ1n) is 13.9. The van der Waals surface area contributed by atoms with Gasteiger partial charge in [0.15, 0.2) is 27.2 Å². The summed E-state index contributed by atoms with van der Waals surface area (Å²) in [5.74, 6) is -4.81. The number of aromatic hydroxyl groups is 3. The molecule has 49 heavy (non-hydrogen) atoms. The fourth-order valence-electron chi connectivity index (χ4n) is 5.15. The lowest BCUT2D eigenvalue weighted by atomic mass is 10.0. The van der Waals surface area contributed by atoms with Crippen LogP contribution in [0.5, 0.6) is 28.7 Å². The quantitative estimate of drug-likeness (QED) is 0.0845.